The molecule has 0 aromatic heterocycles. The van der Waals surface area contributed by atoms with Crippen molar-refractivity contribution < 1.29 is 9.59 Å². The predicted molar refractivity (Wildman–Crippen MR) is 30.2 cm³/mol. The van der Waals surface area contributed by atoms with Crippen molar-refractivity contribution in [2.75, 3.05) is 0 Å². The Kier molecular flexibility index (Phi) is 5.45. The van der Waals surface area contributed by atoms with E-state index in [1.165, 1.54) is 6.08 Å². The molecule has 8 heavy (non-hydrogen) atoms. The van der Waals surface area contributed by atoms with Crippen molar-refractivity contribution in [3.8, 4) is 0 Å². The minimum absolute atomic E-state index is 0.540. The topological polar surface area (TPSA) is 34.1 Å². The highest BCUT2D eigenvalue weighted by molar-refractivity contribution is 5.49. The van der Waals surface area contributed by atoms with Gasteiger partial charge in [-0.15, -0.1) is 0 Å². The van der Waals surface area contributed by atoms with E-state index in [4.69, 9.17) is 0 Å². The highest BCUT2D eigenvalue weighted by Gasteiger charge is 1.79. The highest BCUT2D eigenvalue weighted by atomic mass is 16.1. The van der Waals surface area contributed by atoms with Crippen LogP contribution in [-0.4, -0.2) is 12.2 Å². The second kappa shape index (κ2) is 6.12. The third-order valence-electron chi connectivity index (χ3n) is 0.754. The summed E-state index contributed by atoms with van der Waals surface area (Å²) in [6.45, 7) is 0. The standard InChI is InChI=1S/C6H8O2/c7-5-3-1-2-4-6-8/h3,6H,1-2,4H2. The van der Waals surface area contributed by atoms with E-state index in [1.807, 2.05) is 0 Å². The van der Waals surface area contributed by atoms with Gasteiger partial charge in [0.25, 0.3) is 0 Å². The molecule has 0 heterocycles. The molecule has 0 aromatic carbocycles. The Morgan fingerprint density at radius 3 is 2.62 bits per heavy atom. The van der Waals surface area contributed by atoms with E-state index < -0.39 is 0 Å². The predicted octanol–water partition coefficient (Wildman–Crippen LogP) is 0.743. The molecule has 0 fully saturated rings. The number of rotatable bonds is 4. The van der Waals surface area contributed by atoms with Crippen LogP contribution >= 0.6 is 0 Å². The number of carbonyl (C=O) groups is 1. The number of unbranched alkanes of at least 4 members (excludes halogenated alkanes) is 2. The van der Waals surface area contributed by atoms with Gasteiger partial charge in [0.2, 0.25) is 0 Å². The summed E-state index contributed by atoms with van der Waals surface area (Å²) in [6, 6.07) is 0. The molecule has 0 saturated heterocycles. The van der Waals surface area contributed by atoms with Gasteiger partial charge in [-0.1, -0.05) is 0 Å². The first kappa shape index (κ1) is 7.12. The summed E-state index contributed by atoms with van der Waals surface area (Å²) in [6.07, 6.45) is 4.21. The van der Waals surface area contributed by atoms with Crippen LogP contribution in [0.2, 0.25) is 0 Å². The molecule has 0 radical (unpaired) electrons. The molecule has 0 aromatic rings. The lowest BCUT2D eigenvalue weighted by Crippen LogP contribution is -1.72. The molecule has 0 bridgehead atoms. The maximum Gasteiger partial charge on any atom is 0.120 e. The van der Waals surface area contributed by atoms with Crippen LogP contribution in [0.5, 0.6) is 0 Å². The zero-order chi connectivity index (χ0) is 6.24. The van der Waals surface area contributed by atoms with Crippen LogP contribution in [0.15, 0.2) is 6.08 Å². The van der Waals surface area contributed by atoms with Gasteiger partial charge in [0.1, 0.15) is 12.2 Å². The van der Waals surface area contributed by atoms with Gasteiger partial charge in [0.15, 0.2) is 0 Å². The van der Waals surface area contributed by atoms with Crippen LogP contribution in [0.25, 0.3) is 0 Å². The molecule has 0 aliphatic heterocycles. The molecule has 2 heteroatoms. The van der Waals surface area contributed by atoms with E-state index in [0.29, 0.717) is 12.8 Å². The normalized spacial score (nSPS) is 7.50. The molecule has 44 valence electrons. The Hall–Kier alpha value is -0.880. The first-order valence-electron chi connectivity index (χ1n) is 2.54. The van der Waals surface area contributed by atoms with Crippen LogP contribution in [0, 0.1) is 0 Å². The van der Waals surface area contributed by atoms with Crippen molar-refractivity contribution in [3.63, 3.8) is 0 Å². The zero-order valence-corrected chi connectivity index (χ0v) is 4.59. The largest absolute Gasteiger partial charge is 0.303 e. The van der Waals surface area contributed by atoms with Crippen LogP contribution in [0.1, 0.15) is 19.3 Å². The van der Waals surface area contributed by atoms with Crippen molar-refractivity contribution in [2.24, 2.45) is 0 Å². The number of carbonyl (C=O) groups excluding carboxylic acids is 2. The van der Waals surface area contributed by atoms with E-state index in [1.54, 1.807) is 5.94 Å². The molecule has 0 aliphatic rings. The summed E-state index contributed by atoms with van der Waals surface area (Å²) >= 11 is 0. The maximum absolute atomic E-state index is 9.66. The van der Waals surface area contributed by atoms with E-state index in [-0.39, 0.29) is 0 Å². The fraction of sp³-hybridized carbons (Fsp3) is 0.500. The van der Waals surface area contributed by atoms with Crippen LogP contribution in [-0.2, 0) is 9.59 Å². The van der Waals surface area contributed by atoms with E-state index in [0.717, 1.165) is 12.7 Å². The van der Waals surface area contributed by atoms with Crippen molar-refractivity contribution in [2.45, 2.75) is 19.3 Å². The van der Waals surface area contributed by atoms with Gasteiger partial charge >= 0.3 is 0 Å². The zero-order valence-electron chi connectivity index (χ0n) is 4.59. The fourth-order valence-corrected chi connectivity index (χ4v) is 0.362. The van der Waals surface area contributed by atoms with Crippen molar-refractivity contribution in [1.82, 2.24) is 0 Å². The Morgan fingerprint density at radius 2 is 2.12 bits per heavy atom. The molecule has 0 atom stereocenters. The lowest BCUT2D eigenvalue weighted by Gasteiger charge is -1.80. The summed E-state index contributed by atoms with van der Waals surface area (Å²) in [5.74, 6) is 1.64. The number of hydrogen-bond donors (Lipinski definition) is 0. The molecule has 0 saturated carbocycles. The Labute approximate surface area is 48.2 Å². The molecule has 0 N–H and O–H groups in total. The van der Waals surface area contributed by atoms with E-state index in [2.05, 4.69) is 0 Å². The van der Waals surface area contributed by atoms with Gasteiger partial charge in [0, 0.05) is 6.42 Å². The minimum atomic E-state index is 0.540. The second-order valence-electron chi connectivity index (χ2n) is 1.42. The highest BCUT2D eigenvalue weighted by Crippen LogP contribution is 1.89. The van der Waals surface area contributed by atoms with Gasteiger partial charge < -0.3 is 4.79 Å². The SMILES string of the molecule is O=C=CCCCC=O. The molecular weight excluding hydrogens is 104 g/mol. The van der Waals surface area contributed by atoms with Gasteiger partial charge in [0.05, 0.1) is 0 Å². The minimum Gasteiger partial charge on any atom is -0.303 e. The third-order valence-corrected chi connectivity index (χ3v) is 0.754. The fourth-order valence-electron chi connectivity index (χ4n) is 0.362. The first-order valence-corrected chi connectivity index (χ1v) is 2.54. The van der Waals surface area contributed by atoms with Gasteiger partial charge in [-0.2, -0.15) is 0 Å². The smallest absolute Gasteiger partial charge is 0.120 e. The lowest BCUT2D eigenvalue weighted by molar-refractivity contribution is -0.107. The van der Waals surface area contributed by atoms with Crippen LogP contribution < -0.4 is 0 Å². The summed E-state index contributed by atoms with van der Waals surface area (Å²) < 4.78 is 0. The molecule has 0 rings (SSSR count). The van der Waals surface area contributed by atoms with Crippen LogP contribution in [0.3, 0.4) is 0 Å². The molecule has 0 unspecified atom stereocenters. The quantitative estimate of drug-likeness (QED) is 0.305. The van der Waals surface area contributed by atoms with Gasteiger partial charge in [-0.25, -0.2) is 4.79 Å². The summed E-state index contributed by atoms with van der Waals surface area (Å²) in [4.78, 5) is 19.2. The van der Waals surface area contributed by atoms with Crippen molar-refractivity contribution in [1.29, 1.82) is 0 Å². The Morgan fingerprint density at radius 1 is 1.38 bits per heavy atom. The molecule has 2 nitrogen and oxygen atoms in total. The Bertz CT molecular complexity index is 101. The first-order chi connectivity index (χ1) is 3.91. The van der Waals surface area contributed by atoms with Crippen molar-refractivity contribution in [3.05, 3.63) is 6.08 Å². The number of aldehydes is 1. The maximum atomic E-state index is 9.66. The Balaban J connectivity index is 2.93. The summed E-state index contributed by atoms with van der Waals surface area (Å²) in [5, 5.41) is 0. The molecule has 0 spiro atoms. The average molecular weight is 112 g/mol. The number of allylic oxidation sites excluding steroid dienone is 1. The monoisotopic (exact) mass is 112 g/mol. The van der Waals surface area contributed by atoms with Gasteiger partial charge in [-0.05, 0) is 18.9 Å². The van der Waals surface area contributed by atoms with Crippen LogP contribution in [0.4, 0.5) is 0 Å². The van der Waals surface area contributed by atoms with Crippen molar-refractivity contribution >= 4 is 12.2 Å². The summed E-state index contributed by atoms with van der Waals surface area (Å²) in [7, 11) is 0. The summed E-state index contributed by atoms with van der Waals surface area (Å²) in [5.41, 5.74) is 0. The molecule has 0 amide bonds. The number of hydrogen-bond acceptors (Lipinski definition) is 2. The lowest BCUT2D eigenvalue weighted by atomic mass is 10.2. The van der Waals surface area contributed by atoms with E-state index in [9.17, 15) is 9.59 Å². The second-order valence-corrected chi connectivity index (χ2v) is 1.42. The average Bonchev–Trinajstić information content (AvgIpc) is 1.81. The third kappa shape index (κ3) is 5.12. The molecule has 0 aliphatic carbocycles. The van der Waals surface area contributed by atoms with E-state index >= 15 is 0 Å². The van der Waals surface area contributed by atoms with Gasteiger partial charge in [-0.3, -0.25) is 0 Å². The molecular formula is C6H8O2.